The minimum absolute atomic E-state index is 0.0608. The van der Waals surface area contributed by atoms with Gasteiger partial charge in [-0.2, -0.15) is 0 Å². The summed E-state index contributed by atoms with van der Waals surface area (Å²) in [5, 5.41) is 3.53. The Labute approximate surface area is 111 Å². The molecule has 1 fully saturated rings. The fraction of sp³-hybridized carbons (Fsp3) is 0.571. The first kappa shape index (κ1) is 13.0. The number of hydrogen-bond acceptors (Lipinski definition) is 1. The van der Waals surface area contributed by atoms with E-state index in [0.717, 1.165) is 42.3 Å². The van der Waals surface area contributed by atoms with E-state index in [2.05, 4.69) is 28.2 Å². The summed E-state index contributed by atoms with van der Waals surface area (Å²) < 4.78 is 14.7. The van der Waals surface area contributed by atoms with Crippen molar-refractivity contribution in [3.8, 4) is 0 Å². The summed E-state index contributed by atoms with van der Waals surface area (Å²) >= 11 is 3.42. The minimum Gasteiger partial charge on any atom is -0.314 e. The van der Waals surface area contributed by atoms with E-state index in [1.54, 1.807) is 12.1 Å². The molecule has 1 aromatic rings. The minimum atomic E-state index is -0.0608. The quantitative estimate of drug-likeness (QED) is 0.877. The molecule has 17 heavy (non-hydrogen) atoms. The zero-order chi connectivity index (χ0) is 12.3. The molecule has 2 unspecified atom stereocenters. The first-order valence-corrected chi connectivity index (χ1v) is 7.18. The van der Waals surface area contributed by atoms with Gasteiger partial charge in [0.05, 0.1) is 0 Å². The van der Waals surface area contributed by atoms with Crippen LogP contribution in [0.25, 0.3) is 0 Å². The van der Waals surface area contributed by atoms with Gasteiger partial charge in [-0.25, -0.2) is 4.39 Å². The molecule has 1 saturated carbocycles. The first-order valence-electron chi connectivity index (χ1n) is 6.39. The summed E-state index contributed by atoms with van der Waals surface area (Å²) in [6.45, 7) is 3.24. The van der Waals surface area contributed by atoms with Gasteiger partial charge in [0.2, 0.25) is 0 Å². The van der Waals surface area contributed by atoms with Crippen LogP contribution in [0, 0.1) is 5.82 Å². The van der Waals surface area contributed by atoms with Gasteiger partial charge in [-0.3, -0.25) is 0 Å². The zero-order valence-corrected chi connectivity index (χ0v) is 11.8. The molecule has 1 aliphatic rings. The molecule has 0 radical (unpaired) electrons. The Balaban J connectivity index is 2.02. The maximum Gasteiger partial charge on any atom is 0.126 e. The molecular weight excluding hydrogens is 281 g/mol. The van der Waals surface area contributed by atoms with Crippen molar-refractivity contribution in [1.29, 1.82) is 0 Å². The van der Waals surface area contributed by atoms with E-state index < -0.39 is 0 Å². The van der Waals surface area contributed by atoms with Gasteiger partial charge in [0.25, 0.3) is 0 Å². The first-order chi connectivity index (χ1) is 8.20. The average molecular weight is 300 g/mol. The van der Waals surface area contributed by atoms with Crippen LogP contribution in [0.5, 0.6) is 0 Å². The van der Waals surface area contributed by atoms with Gasteiger partial charge in [-0.1, -0.05) is 22.9 Å². The highest BCUT2D eigenvalue weighted by atomic mass is 79.9. The molecule has 0 aliphatic heterocycles. The molecule has 1 nitrogen and oxygen atoms in total. The second-order valence-electron chi connectivity index (χ2n) is 4.83. The predicted molar refractivity (Wildman–Crippen MR) is 72.8 cm³/mol. The van der Waals surface area contributed by atoms with E-state index in [1.807, 2.05) is 6.07 Å². The van der Waals surface area contributed by atoms with Gasteiger partial charge in [0, 0.05) is 10.5 Å². The fourth-order valence-corrected chi connectivity index (χ4v) is 3.00. The van der Waals surface area contributed by atoms with Crippen LogP contribution in [0.2, 0.25) is 0 Å². The number of hydrogen-bond donors (Lipinski definition) is 1. The van der Waals surface area contributed by atoms with E-state index >= 15 is 0 Å². The second kappa shape index (κ2) is 5.96. The third-order valence-corrected chi connectivity index (χ3v) is 4.01. The topological polar surface area (TPSA) is 12.0 Å². The van der Waals surface area contributed by atoms with E-state index in [-0.39, 0.29) is 5.82 Å². The number of halogens is 2. The van der Waals surface area contributed by atoms with Gasteiger partial charge >= 0.3 is 0 Å². The maximum absolute atomic E-state index is 13.8. The van der Waals surface area contributed by atoms with Crippen molar-refractivity contribution in [3.05, 3.63) is 34.1 Å². The van der Waals surface area contributed by atoms with Crippen molar-refractivity contribution >= 4 is 15.9 Å². The van der Waals surface area contributed by atoms with E-state index in [1.165, 1.54) is 0 Å². The normalized spacial score (nSPS) is 24.2. The fourth-order valence-electron chi connectivity index (χ4n) is 2.63. The van der Waals surface area contributed by atoms with E-state index in [4.69, 9.17) is 0 Å². The Bertz CT molecular complexity index is 380. The van der Waals surface area contributed by atoms with Crippen molar-refractivity contribution in [2.75, 3.05) is 6.54 Å². The Kier molecular flexibility index (Phi) is 4.57. The van der Waals surface area contributed by atoms with E-state index in [0.29, 0.717) is 12.0 Å². The Morgan fingerprint density at radius 3 is 3.00 bits per heavy atom. The largest absolute Gasteiger partial charge is 0.314 e. The Morgan fingerprint density at radius 2 is 2.24 bits per heavy atom. The lowest BCUT2D eigenvalue weighted by molar-refractivity contribution is 0.512. The van der Waals surface area contributed by atoms with E-state index in [9.17, 15) is 4.39 Å². The highest BCUT2D eigenvalue weighted by Crippen LogP contribution is 2.36. The molecule has 1 aromatic carbocycles. The predicted octanol–water partition coefficient (Wildman–Crippen LogP) is 4.22. The smallest absolute Gasteiger partial charge is 0.126 e. The van der Waals surface area contributed by atoms with Crippen LogP contribution in [0.1, 0.15) is 44.1 Å². The highest BCUT2D eigenvalue weighted by molar-refractivity contribution is 9.10. The molecule has 1 aliphatic carbocycles. The number of rotatable bonds is 4. The molecule has 2 atom stereocenters. The van der Waals surface area contributed by atoms with Crippen LogP contribution in [0.15, 0.2) is 22.7 Å². The summed E-state index contributed by atoms with van der Waals surface area (Å²) in [7, 11) is 0. The summed E-state index contributed by atoms with van der Waals surface area (Å²) in [6.07, 6.45) is 4.48. The lowest BCUT2D eigenvalue weighted by Crippen LogP contribution is -2.26. The van der Waals surface area contributed by atoms with Crippen molar-refractivity contribution in [2.24, 2.45) is 0 Å². The zero-order valence-electron chi connectivity index (χ0n) is 10.2. The van der Waals surface area contributed by atoms with Crippen molar-refractivity contribution in [3.63, 3.8) is 0 Å². The monoisotopic (exact) mass is 299 g/mol. The van der Waals surface area contributed by atoms with Crippen molar-refractivity contribution < 1.29 is 4.39 Å². The van der Waals surface area contributed by atoms with Crippen LogP contribution in [-0.2, 0) is 0 Å². The molecule has 3 heteroatoms. The molecular formula is C14H19BrFN. The van der Waals surface area contributed by atoms with Crippen LogP contribution < -0.4 is 5.32 Å². The second-order valence-corrected chi connectivity index (χ2v) is 5.74. The van der Waals surface area contributed by atoms with Gasteiger partial charge in [-0.15, -0.1) is 0 Å². The summed E-state index contributed by atoms with van der Waals surface area (Å²) in [5.74, 6) is 0.316. The number of benzene rings is 1. The molecule has 0 heterocycles. The van der Waals surface area contributed by atoms with Crippen molar-refractivity contribution in [1.82, 2.24) is 5.32 Å². The summed E-state index contributed by atoms with van der Waals surface area (Å²) in [6, 6.07) is 5.83. The summed E-state index contributed by atoms with van der Waals surface area (Å²) in [4.78, 5) is 0. The van der Waals surface area contributed by atoms with Gasteiger partial charge in [0.15, 0.2) is 0 Å². The molecule has 1 N–H and O–H groups in total. The molecule has 0 spiro atoms. The molecule has 2 rings (SSSR count). The molecule has 0 bridgehead atoms. The average Bonchev–Trinajstić information content (AvgIpc) is 2.78. The van der Waals surface area contributed by atoms with Crippen LogP contribution >= 0.6 is 15.9 Å². The number of nitrogens with one attached hydrogen (secondary N) is 1. The molecule has 0 saturated heterocycles. The van der Waals surface area contributed by atoms with Gasteiger partial charge < -0.3 is 5.32 Å². The van der Waals surface area contributed by atoms with Crippen molar-refractivity contribution in [2.45, 2.75) is 44.6 Å². The highest BCUT2D eigenvalue weighted by Gasteiger charge is 2.27. The molecule has 94 valence electrons. The standard InChI is InChI=1S/C14H19BrFN/c1-2-7-17-12-5-3-10(8-12)13-9-11(15)4-6-14(13)16/h4,6,9-10,12,17H,2-3,5,7-8H2,1H3. The van der Waals surface area contributed by atoms with Crippen LogP contribution in [0.3, 0.4) is 0 Å². The Hall–Kier alpha value is -0.410. The Morgan fingerprint density at radius 1 is 1.41 bits per heavy atom. The SMILES string of the molecule is CCCNC1CCC(c2cc(Br)ccc2F)C1. The van der Waals surface area contributed by atoms with Gasteiger partial charge in [-0.05, 0) is 61.9 Å². The lowest BCUT2D eigenvalue weighted by atomic mass is 9.97. The maximum atomic E-state index is 13.8. The lowest BCUT2D eigenvalue weighted by Gasteiger charge is -2.14. The van der Waals surface area contributed by atoms with Crippen LogP contribution in [-0.4, -0.2) is 12.6 Å². The summed E-state index contributed by atoms with van der Waals surface area (Å²) in [5.41, 5.74) is 0.875. The third-order valence-electron chi connectivity index (χ3n) is 3.51. The third kappa shape index (κ3) is 3.29. The molecule has 0 amide bonds. The van der Waals surface area contributed by atoms with Crippen LogP contribution in [0.4, 0.5) is 4.39 Å². The van der Waals surface area contributed by atoms with Gasteiger partial charge in [0.1, 0.15) is 5.82 Å². The molecule has 0 aromatic heterocycles.